The SMILES string of the molecule is Cc1ccc(OCc2csc(C(=O)N(C)Cc3c(C)nn(C)c3C)c2)cc1C. The molecule has 0 saturated carbocycles. The highest BCUT2D eigenvalue weighted by Gasteiger charge is 2.18. The number of carbonyl (C=O) groups excluding carboxylic acids is 1. The number of thiophene rings is 1. The predicted octanol–water partition coefficient (Wildman–Crippen LogP) is 4.57. The lowest BCUT2D eigenvalue weighted by molar-refractivity contribution is 0.0789. The Hall–Kier alpha value is -2.60. The van der Waals surface area contributed by atoms with E-state index in [-0.39, 0.29) is 5.91 Å². The standard InChI is InChI=1S/C22H27N3O2S/c1-14-7-8-19(9-15(14)2)27-12-18-10-21(28-13-18)22(26)24(5)11-20-16(3)23-25(6)17(20)4/h7-10,13H,11-12H2,1-6H3. The molecule has 148 valence electrons. The molecule has 1 amide bonds. The lowest BCUT2D eigenvalue weighted by atomic mass is 10.1. The molecule has 0 aliphatic carbocycles. The summed E-state index contributed by atoms with van der Waals surface area (Å²) in [6.45, 7) is 9.18. The van der Waals surface area contributed by atoms with Crippen LogP contribution >= 0.6 is 11.3 Å². The zero-order chi connectivity index (χ0) is 20.4. The number of hydrogen-bond donors (Lipinski definition) is 0. The van der Waals surface area contributed by atoms with Crippen LogP contribution < -0.4 is 4.74 Å². The Kier molecular flexibility index (Phi) is 5.89. The molecule has 1 aromatic carbocycles. The summed E-state index contributed by atoms with van der Waals surface area (Å²) in [5, 5.41) is 6.42. The Morgan fingerprint density at radius 1 is 1.18 bits per heavy atom. The van der Waals surface area contributed by atoms with Gasteiger partial charge in [0.25, 0.3) is 5.91 Å². The van der Waals surface area contributed by atoms with Crippen LogP contribution in [0.2, 0.25) is 0 Å². The molecule has 0 atom stereocenters. The maximum atomic E-state index is 12.8. The Morgan fingerprint density at radius 2 is 1.93 bits per heavy atom. The first-order valence-electron chi connectivity index (χ1n) is 9.28. The van der Waals surface area contributed by atoms with Crippen LogP contribution in [0.5, 0.6) is 5.75 Å². The number of amides is 1. The second-order valence-electron chi connectivity index (χ2n) is 7.29. The van der Waals surface area contributed by atoms with Gasteiger partial charge in [-0.25, -0.2) is 0 Å². The highest BCUT2D eigenvalue weighted by molar-refractivity contribution is 7.12. The minimum Gasteiger partial charge on any atom is -0.489 e. The van der Waals surface area contributed by atoms with Crippen LogP contribution in [0.4, 0.5) is 0 Å². The van der Waals surface area contributed by atoms with E-state index in [1.54, 1.807) is 4.90 Å². The second-order valence-corrected chi connectivity index (χ2v) is 8.20. The molecule has 3 rings (SSSR count). The van der Waals surface area contributed by atoms with Gasteiger partial charge in [0.15, 0.2) is 0 Å². The van der Waals surface area contributed by atoms with Gasteiger partial charge in [-0.1, -0.05) is 6.07 Å². The first kappa shape index (κ1) is 20.1. The van der Waals surface area contributed by atoms with E-state index in [1.165, 1.54) is 22.5 Å². The Morgan fingerprint density at radius 3 is 2.57 bits per heavy atom. The minimum atomic E-state index is 0.0186. The van der Waals surface area contributed by atoms with Crippen molar-refractivity contribution in [1.82, 2.24) is 14.7 Å². The number of aromatic nitrogens is 2. The van der Waals surface area contributed by atoms with E-state index in [1.807, 2.05) is 56.2 Å². The molecule has 6 heteroatoms. The summed E-state index contributed by atoms with van der Waals surface area (Å²) in [6, 6.07) is 8.01. The minimum absolute atomic E-state index is 0.0186. The van der Waals surface area contributed by atoms with Crippen LogP contribution in [0.3, 0.4) is 0 Å². The summed E-state index contributed by atoms with van der Waals surface area (Å²) in [6.07, 6.45) is 0. The van der Waals surface area contributed by atoms with Crippen LogP contribution in [0.15, 0.2) is 29.6 Å². The summed E-state index contributed by atoms with van der Waals surface area (Å²) in [5.74, 6) is 0.868. The fourth-order valence-corrected chi connectivity index (χ4v) is 3.97. The Bertz CT molecular complexity index is 1000. The van der Waals surface area contributed by atoms with E-state index >= 15 is 0 Å². The fourth-order valence-electron chi connectivity index (χ4n) is 3.08. The molecule has 5 nitrogen and oxygen atoms in total. The smallest absolute Gasteiger partial charge is 0.263 e. The van der Waals surface area contributed by atoms with E-state index in [0.29, 0.717) is 13.2 Å². The van der Waals surface area contributed by atoms with E-state index < -0.39 is 0 Å². The lowest BCUT2D eigenvalue weighted by Gasteiger charge is -2.16. The Labute approximate surface area is 170 Å². The van der Waals surface area contributed by atoms with E-state index in [9.17, 15) is 4.79 Å². The van der Waals surface area contributed by atoms with E-state index in [0.717, 1.165) is 33.1 Å². The third-order valence-electron chi connectivity index (χ3n) is 5.15. The number of aryl methyl sites for hydroxylation is 4. The van der Waals surface area contributed by atoms with Crippen molar-refractivity contribution in [2.24, 2.45) is 7.05 Å². The van der Waals surface area contributed by atoms with Gasteiger partial charge < -0.3 is 9.64 Å². The molecule has 0 fully saturated rings. The summed E-state index contributed by atoms with van der Waals surface area (Å²) >= 11 is 1.46. The molecule has 2 heterocycles. The third kappa shape index (κ3) is 4.28. The quantitative estimate of drug-likeness (QED) is 0.612. The van der Waals surface area contributed by atoms with Gasteiger partial charge in [-0.15, -0.1) is 11.3 Å². The van der Waals surface area contributed by atoms with Crippen molar-refractivity contribution in [3.8, 4) is 5.75 Å². The maximum absolute atomic E-state index is 12.8. The van der Waals surface area contributed by atoms with Crippen molar-refractivity contribution < 1.29 is 9.53 Å². The number of hydrogen-bond acceptors (Lipinski definition) is 4. The van der Waals surface area contributed by atoms with Crippen LogP contribution in [-0.2, 0) is 20.2 Å². The average molecular weight is 398 g/mol. The first-order valence-corrected chi connectivity index (χ1v) is 10.2. The molecule has 0 spiro atoms. The van der Waals surface area contributed by atoms with Crippen LogP contribution in [-0.4, -0.2) is 27.6 Å². The molecule has 0 N–H and O–H groups in total. The average Bonchev–Trinajstić information content (AvgIpc) is 3.22. The normalized spacial score (nSPS) is 10.9. The molecule has 0 unspecified atom stereocenters. The van der Waals surface area contributed by atoms with E-state index in [4.69, 9.17) is 4.74 Å². The molecule has 0 aliphatic rings. The summed E-state index contributed by atoms with van der Waals surface area (Å²) in [5.41, 5.74) is 6.63. The Balaban J connectivity index is 1.63. The number of ether oxygens (including phenoxy) is 1. The molecule has 28 heavy (non-hydrogen) atoms. The molecular formula is C22H27N3O2S. The van der Waals surface area contributed by atoms with Gasteiger partial charge in [0.1, 0.15) is 12.4 Å². The van der Waals surface area contributed by atoms with Crippen LogP contribution in [0, 0.1) is 27.7 Å². The molecule has 0 bridgehead atoms. The first-order chi connectivity index (χ1) is 13.3. The van der Waals surface area contributed by atoms with Crippen LogP contribution in [0.1, 0.15) is 43.3 Å². The van der Waals surface area contributed by atoms with Gasteiger partial charge >= 0.3 is 0 Å². The van der Waals surface area contributed by atoms with Gasteiger partial charge in [-0.3, -0.25) is 9.48 Å². The van der Waals surface area contributed by atoms with Crippen molar-refractivity contribution in [3.63, 3.8) is 0 Å². The number of benzene rings is 1. The largest absolute Gasteiger partial charge is 0.489 e. The monoisotopic (exact) mass is 397 g/mol. The number of nitrogens with zero attached hydrogens (tertiary/aromatic N) is 3. The van der Waals surface area contributed by atoms with Gasteiger partial charge in [0.2, 0.25) is 0 Å². The summed E-state index contributed by atoms with van der Waals surface area (Å²) in [4.78, 5) is 15.3. The summed E-state index contributed by atoms with van der Waals surface area (Å²) in [7, 11) is 3.76. The van der Waals surface area contributed by atoms with Gasteiger partial charge in [-0.05, 0) is 62.4 Å². The van der Waals surface area contributed by atoms with Crippen molar-refractivity contribution in [2.45, 2.75) is 40.8 Å². The molecule has 0 aliphatic heterocycles. The number of carbonyl (C=O) groups is 1. The zero-order valence-corrected chi connectivity index (χ0v) is 18.2. The maximum Gasteiger partial charge on any atom is 0.263 e. The molecule has 0 radical (unpaired) electrons. The fraction of sp³-hybridized carbons (Fsp3) is 0.364. The highest BCUT2D eigenvalue weighted by Crippen LogP contribution is 2.22. The van der Waals surface area contributed by atoms with Crippen molar-refractivity contribution in [2.75, 3.05) is 7.05 Å². The van der Waals surface area contributed by atoms with E-state index in [2.05, 4.69) is 25.0 Å². The van der Waals surface area contributed by atoms with Crippen molar-refractivity contribution in [3.05, 3.63) is 68.2 Å². The summed E-state index contributed by atoms with van der Waals surface area (Å²) < 4.78 is 7.74. The van der Waals surface area contributed by atoms with Gasteiger partial charge in [-0.2, -0.15) is 5.10 Å². The molecule has 0 saturated heterocycles. The lowest BCUT2D eigenvalue weighted by Crippen LogP contribution is -2.26. The number of rotatable bonds is 6. The van der Waals surface area contributed by atoms with Gasteiger partial charge in [0, 0.05) is 37.5 Å². The molecule has 3 aromatic rings. The molecule has 2 aromatic heterocycles. The third-order valence-corrected chi connectivity index (χ3v) is 6.12. The van der Waals surface area contributed by atoms with Crippen LogP contribution in [0.25, 0.3) is 0 Å². The van der Waals surface area contributed by atoms with Crippen molar-refractivity contribution in [1.29, 1.82) is 0 Å². The molecular weight excluding hydrogens is 370 g/mol. The second kappa shape index (κ2) is 8.19. The topological polar surface area (TPSA) is 47.4 Å². The highest BCUT2D eigenvalue weighted by atomic mass is 32.1. The predicted molar refractivity (Wildman–Crippen MR) is 113 cm³/mol. The van der Waals surface area contributed by atoms with Gasteiger partial charge in [0.05, 0.1) is 10.6 Å². The van der Waals surface area contributed by atoms with Crippen molar-refractivity contribution >= 4 is 17.2 Å². The zero-order valence-electron chi connectivity index (χ0n) is 17.4.